The number of rotatable bonds is 9. The number of H-pyrrole nitrogens is 1. The number of amides is 1. The Morgan fingerprint density at radius 1 is 1.32 bits per heavy atom. The van der Waals surface area contributed by atoms with Crippen LogP contribution in [-0.4, -0.2) is 71.5 Å². The largest absolute Gasteiger partial charge is 0.381 e. The van der Waals surface area contributed by atoms with E-state index in [0.29, 0.717) is 35.1 Å². The Kier molecular flexibility index (Phi) is 7.09. The molecule has 2 aliphatic carbocycles. The highest BCUT2D eigenvalue weighted by molar-refractivity contribution is 6.76. The van der Waals surface area contributed by atoms with Crippen molar-refractivity contribution >= 4 is 30.8 Å². The molecule has 1 aliphatic heterocycles. The summed E-state index contributed by atoms with van der Waals surface area (Å²) in [5, 5.41) is 4.95. The number of aromatic nitrogens is 5. The molecule has 3 aliphatic rings. The predicted molar refractivity (Wildman–Crippen MR) is 155 cm³/mol. The molecule has 1 N–H and O–H groups in total. The Bertz CT molecular complexity index is 1460. The number of alkyl halides is 2. The lowest BCUT2D eigenvalue weighted by Gasteiger charge is -2.31. The second-order valence-corrected chi connectivity index (χ2v) is 19.2. The summed E-state index contributed by atoms with van der Waals surface area (Å²) in [7, 11) is 0.166. The maximum absolute atomic E-state index is 15.1. The van der Waals surface area contributed by atoms with Crippen LogP contribution in [0.2, 0.25) is 25.7 Å². The Hall–Kier alpha value is -2.70. The number of carbonyl (C=O) groups is 1. The molecular formula is C29H40F2N6O3Si. The number of nitrogens with zero attached hydrogens (tertiary/aromatic N) is 5. The van der Waals surface area contributed by atoms with Gasteiger partial charge in [0.25, 0.3) is 5.91 Å². The predicted octanol–water partition coefficient (Wildman–Crippen LogP) is 5.28. The van der Waals surface area contributed by atoms with Crippen molar-refractivity contribution in [2.24, 2.45) is 17.3 Å². The molecule has 1 amide bonds. The van der Waals surface area contributed by atoms with Crippen LogP contribution in [0.15, 0.2) is 12.3 Å². The van der Waals surface area contributed by atoms with Crippen LogP contribution in [0.3, 0.4) is 0 Å². The molecule has 41 heavy (non-hydrogen) atoms. The van der Waals surface area contributed by atoms with Gasteiger partial charge in [-0.25, -0.2) is 14.6 Å². The number of hydrogen-bond donors (Lipinski definition) is 1. The van der Waals surface area contributed by atoms with Crippen LogP contribution in [0, 0.1) is 17.3 Å². The van der Waals surface area contributed by atoms with Crippen molar-refractivity contribution in [3.63, 3.8) is 0 Å². The summed E-state index contributed by atoms with van der Waals surface area (Å²) < 4.78 is 43.4. The number of fused-ring (bicyclic) bond motifs is 3. The number of nitrogens with one attached hydrogen (secondary N) is 1. The van der Waals surface area contributed by atoms with E-state index in [4.69, 9.17) is 19.6 Å². The van der Waals surface area contributed by atoms with E-state index < -0.39 is 25.8 Å². The zero-order valence-electron chi connectivity index (χ0n) is 24.6. The zero-order valence-corrected chi connectivity index (χ0v) is 25.6. The normalized spacial score (nSPS) is 23.0. The first-order valence-corrected chi connectivity index (χ1v) is 18.3. The number of pyridine rings is 1. The van der Waals surface area contributed by atoms with Gasteiger partial charge in [-0.1, -0.05) is 26.6 Å². The lowest BCUT2D eigenvalue weighted by Crippen LogP contribution is -2.48. The molecule has 0 unspecified atom stereocenters. The number of ether oxygens (including phenoxy) is 2. The van der Waals surface area contributed by atoms with E-state index >= 15 is 8.78 Å². The van der Waals surface area contributed by atoms with Crippen molar-refractivity contribution in [3.8, 4) is 11.5 Å². The van der Waals surface area contributed by atoms with Crippen LogP contribution in [0.25, 0.3) is 22.7 Å². The van der Waals surface area contributed by atoms with E-state index in [-0.39, 0.29) is 31.7 Å². The molecule has 0 radical (unpaired) electrons. The standard InChI is InChI=1S/C29H40F2N6O3Si/c1-28-14-19(28)12-21-23(15-28)37(17-40-10-11-41(3,4)5)35-24(21)26-33-22-13-20(16-32-25(22)34-26)36(2)27(38)29(30,31)18-6-8-39-9-7-18/h13,16,18-19H,6-12,14-15,17H2,1-5H3,(H,32,33,34)/t19-,28-/m1/s1. The average molecular weight is 587 g/mol. The summed E-state index contributed by atoms with van der Waals surface area (Å²) >= 11 is 0. The van der Waals surface area contributed by atoms with E-state index in [1.165, 1.54) is 30.9 Å². The second kappa shape index (κ2) is 10.2. The molecule has 6 rings (SSSR count). The molecule has 2 fully saturated rings. The minimum Gasteiger partial charge on any atom is -0.381 e. The van der Waals surface area contributed by atoms with E-state index in [0.717, 1.165) is 36.1 Å². The smallest absolute Gasteiger partial charge is 0.328 e. The number of carbonyl (C=O) groups excluding carboxylic acids is 1. The van der Waals surface area contributed by atoms with Gasteiger partial charge in [-0.05, 0) is 55.5 Å². The van der Waals surface area contributed by atoms with E-state index in [1.807, 2.05) is 4.68 Å². The minimum absolute atomic E-state index is 0.160. The molecule has 12 heteroatoms. The summed E-state index contributed by atoms with van der Waals surface area (Å²) in [5.74, 6) is -4.52. The van der Waals surface area contributed by atoms with Crippen molar-refractivity contribution in [3.05, 3.63) is 23.5 Å². The molecule has 222 valence electrons. The lowest BCUT2D eigenvalue weighted by molar-refractivity contribution is -0.156. The highest BCUT2D eigenvalue weighted by Crippen LogP contribution is 2.60. The summed E-state index contributed by atoms with van der Waals surface area (Å²) in [6.07, 6.45) is 4.87. The zero-order chi connectivity index (χ0) is 29.2. The Balaban J connectivity index is 1.25. The first-order chi connectivity index (χ1) is 19.4. The number of anilines is 1. The van der Waals surface area contributed by atoms with Crippen LogP contribution >= 0.6 is 0 Å². The lowest BCUT2D eigenvalue weighted by atomic mass is 9.87. The summed E-state index contributed by atoms with van der Waals surface area (Å²) in [6, 6.07) is 2.72. The minimum atomic E-state index is -3.48. The van der Waals surface area contributed by atoms with Gasteiger partial charge in [0.1, 0.15) is 17.9 Å². The van der Waals surface area contributed by atoms with E-state index in [1.54, 1.807) is 6.07 Å². The molecule has 0 aromatic carbocycles. The number of imidazole rings is 1. The van der Waals surface area contributed by atoms with Crippen LogP contribution in [0.1, 0.15) is 37.4 Å². The Labute approximate surface area is 240 Å². The molecule has 1 saturated carbocycles. The highest BCUT2D eigenvalue weighted by Gasteiger charge is 2.54. The van der Waals surface area contributed by atoms with Crippen molar-refractivity contribution in [2.45, 2.75) is 77.4 Å². The van der Waals surface area contributed by atoms with Gasteiger partial charge in [-0.3, -0.25) is 4.79 Å². The van der Waals surface area contributed by atoms with Gasteiger partial charge in [-0.15, -0.1) is 0 Å². The number of hydrogen-bond acceptors (Lipinski definition) is 6. The van der Waals surface area contributed by atoms with Crippen LogP contribution < -0.4 is 4.90 Å². The Morgan fingerprint density at radius 3 is 2.80 bits per heavy atom. The van der Waals surface area contributed by atoms with Gasteiger partial charge >= 0.3 is 5.92 Å². The summed E-state index contributed by atoms with van der Waals surface area (Å²) in [6.45, 7) is 11.0. The van der Waals surface area contributed by atoms with Gasteiger partial charge in [0.05, 0.1) is 11.9 Å². The topological polar surface area (TPSA) is 98.2 Å². The van der Waals surface area contributed by atoms with E-state index in [2.05, 4.69) is 36.5 Å². The van der Waals surface area contributed by atoms with Crippen LogP contribution in [0.4, 0.5) is 14.5 Å². The second-order valence-electron chi connectivity index (χ2n) is 13.6. The fourth-order valence-corrected chi connectivity index (χ4v) is 6.95. The number of halogens is 2. The third kappa shape index (κ3) is 5.45. The molecule has 0 spiro atoms. The summed E-state index contributed by atoms with van der Waals surface area (Å²) in [4.78, 5) is 26.3. The SMILES string of the molecule is CN(C(=O)C(F)(F)C1CCOCC1)c1cnc2[nH]c(-c3nn(COCC[Si](C)(C)C)c4c3C[C@@H]3C[C@]3(C)C4)nc2c1. The maximum atomic E-state index is 15.1. The van der Waals surface area contributed by atoms with Crippen LogP contribution in [0.5, 0.6) is 0 Å². The molecular weight excluding hydrogens is 546 g/mol. The fraction of sp³-hybridized carbons (Fsp3) is 0.655. The molecule has 3 aromatic heterocycles. The number of aromatic amines is 1. The summed E-state index contributed by atoms with van der Waals surface area (Å²) in [5.41, 5.74) is 4.80. The monoisotopic (exact) mass is 586 g/mol. The molecule has 9 nitrogen and oxygen atoms in total. The first-order valence-electron chi connectivity index (χ1n) is 14.6. The van der Waals surface area contributed by atoms with Gasteiger partial charge in [-0.2, -0.15) is 13.9 Å². The van der Waals surface area contributed by atoms with Crippen molar-refractivity contribution < 1.29 is 23.0 Å². The highest BCUT2D eigenvalue weighted by atomic mass is 28.3. The van der Waals surface area contributed by atoms with Crippen molar-refractivity contribution in [1.29, 1.82) is 0 Å². The fourth-order valence-electron chi connectivity index (χ4n) is 6.20. The van der Waals surface area contributed by atoms with E-state index in [9.17, 15) is 4.79 Å². The molecule has 3 aromatic rings. The first kappa shape index (κ1) is 28.4. The molecule has 4 heterocycles. The third-order valence-electron chi connectivity index (χ3n) is 9.19. The van der Waals surface area contributed by atoms with Crippen molar-refractivity contribution in [2.75, 3.05) is 31.8 Å². The van der Waals surface area contributed by atoms with Gasteiger partial charge < -0.3 is 19.4 Å². The molecule has 2 atom stereocenters. The molecule has 0 bridgehead atoms. The van der Waals surface area contributed by atoms with Gasteiger partial charge in [0, 0.05) is 52.1 Å². The average Bonchev–Trinajstić information content (AvgIpc) is 3.24. The molecule has 1 saturated heterocycles. The Morgan fingerprint density at radius 2 is 2.07 bits per heavy atom. The van der Waals surface area contributed by atoms with Gasteiger partial charge in [0.15, 0.2) is 11.5 Å². The van der Waals surface area contributed by atoms with Crippen molar-refractivity contribution in [1.82, 2.24) is 24.7 Å². The van der Waals surface area contributed by atoms with Gasteiger partial charge in [0.2, 0.25) is 0 Å². The quantitative estimate of drug-likeness (QED) is 0.271. The third-order valence-corrected chi connectivity index (χ3v) is 10.9. The maximum Gasteiger partial charge on any atom is 0.328 e. The van der Waals surface area contributed by atoms with Crippen LogP contribution in [-0.2, 0) is 33.8 Å².